The van der Waals surface area contributed by atoms with Crippen molar-refractivity contribution in [2.45, 2.75) is 17.7 Å². The predicted molar refractivity (Wildman–Crippen MR) is 111 cm³/mol. The number of benzene rings is 2. The number of hydrogen-bond acceptors (Lipinski definition) is 4. The molecule has 1 aliphatic heterocycles. The quantitative estimate of drug-likeness (QED) is 0.626. The summed E-state index contributed by atoms with van der Waals surface area (Å²) in [7, 11) is -1.87. The molecule has 28 heavy (non-hydrogen) atoms. The highest BCUT2D eigenvalue weighted by Gasteiger charge is 2.27. The first kappa shape index (κ1) is 20.8. The van der Waals surface area contributed by atoms with E-state index in [1.807, 2.05) is 24.3 Å². The van der Waals surface area contributed by atoms with Gasteiger partial charge in [-0.25, -0.2) is 8.42 Å². The number of halogens is 1. The van der Waals surface area contributed by atoms with Crippen molar-refractivity contribution in [2.75, 3.05) is 33.3 Å². The van der Waals surface area contributed by atoms with Gasteiger partial charge in [-0.05, 0) is 55.3 Å². The summed E-state index contributed by atoms with van der Waals surface area (Å²) in [4.78, 5) is 14.4. The third-order valence-electron chi connectivity index (χ3n) is 4.64. The molecule has 0 aromatic heterocycles. The molecule has 0 radical (unpaired) electrons. The maximum Gasteiger partial charge on any atom is 0.253 e. The molecule has 2 aromatic rings. The molecule has 0 unspecified atom stereocenters. The summed E-state index contributed by atoms with van der Waals surface area (Å²) in [6.45, 7) is 1.80. The summed E-state index contributed by atoms with van der Waals surface area (Å²) in [6, 6.07) is 13.7. The average molecular weight is 467 g/mol. The van der Waals surface area contributed by atoms with Gasteiger partial charge < -0.3 is 9.64 Å². The second kappa shape index (κ2) is 9.07. The van der Waals surface area contributed by atoms with Crippen molar-refractivity contribution in [1.29, 1.82) is 0 Å². The second-order valence-corrected chi connectivity index (χ2v) is 9.52. The van der Waals surface area contributed by atoms with Gasteiger partial charge in [0.1, 0.15) is 12.4 Å². The smallest absolute Gasteiger partial charge is 0.253 e. The summed E-state index contributed by atoms with van der Waals surface area (Å²) < 4.78 is 33.5. The standard InChI is InChI=1S/C20H23BrN2O4S/c1-22(13-14-27-18-9-7-17(21)8-10-18)20(24)16-5-4-6-19(15-16)28(25,26)23-11-2-3-12-23/h4-10,15H,2-3,11-14H2,1H3. The zero-order valence-electron chi connectivity index (χ0n) is 15.7. The van der Waals surface area contributed by atoms with Crippen LogP contribution in [-0.4, -0.2) is 56.8 Å². The van der Waals surface area contributed by atoms with Crippen LogP contribution in [-0.2, 0) is 10.0 Å². The highest BCUT2D eigenvalue weighted by molar-refractivity contribution is 9.10. The summed E-state index contributed by atoms with van der Waals surface area (Å²) in [5.41, 5.74) is 0.353. The van der Waals surface area contributed by atoms with Crippen LogP contribution in [0.3, 0.4) is 0 Å². The normalized spacial score (nSPS) is 14.8. The van der Waals surface area contributed by atoms with Crippen molar-refractivity contribution in [1.82, 2.24) is 9.21 Å². The molecule has 0 aliphatic carbocycles. The molecule has 1 amide bonds. The number of carbonyl (C=O) groups is 1. The average Bonchev–Trinajstić information content (AvgIpc) is 3.24. The first-order valence-corrected chi connectivity index (χ1v) is 11.4. The van der Waals surface area contributed by atoms with E-state index >= 15 is 0 Å². The van der Waals surface area contributed by atoms with Crippen LogP contribution in [0.2, 0.25) is 0 Å². The van der Waals surface area contributed by atoms with E-state index in [9.17, 15) is 13.2 Å². The van der Waals surface area contributed by atoms with E-state index in [2.05, 4.69) is 15.9 Å². The van der Waals surface area contributed by atoms with Gasteiger partial charge in [-0.2, -0.15) is 4.31 Å². The maximum absolute atomic E-state index is 12.7. The summed E-state index contributed by atoms with van der Waals surface area (Å²) in [6.07, 6.45) is 1.75. The minimum Gasteiger partial charge on any atom is -0.492 e. The summed E-state index contributed by atoms with van der Waals surface area (Å²) in [5.74, 6) is 0.487. The van der Waals surface area contributed by atoms with Crippen LogP contribution in [0.5, 0.6) is 5.75 Å². The van der Waals surface area contributed by atoms with Crippen molar-refractivity contribution in [3.05, 3.63) is 58.6 Å². The Morgan fingerprint density at radius 1 is 1.14 bits per heavy atom. The van der Waals surface area contributed by atoms with Gasteiger partial charge in [0.05, 0.1) is 11.4 Å². The predicted octanol–water partition coefficient (Wildman–Crippen LogP) is 3.38. The Labute approximate surface area is 174 Å². The number of carbonyl (C=O) groups excluding carboxylic acids is 1. The van der Waals surface area contributed by atoms with Gasteiger partial charge in [0.2, 0.25) is 10.0 Å². The Kier molecular flexibility index (Phi) is 6.74. The SMILES string of the molecule is CN(CCOc1ccc(Br)cc1)C(=O)c1cccc(S(=O)(=O)N2CCCC2)c1. The van der Waals surface area contributed by atoms with Crippen LogP contribution in [0.4, 0.5) is 0 Å². The van der Waals surface area contributed by atoms with Crippen LogP contribution in [0.15, 0.2) is 57.9 Å². The lowest BCUT2D eigenvalue weighted by Gasteiger charge is -2.19. The minimum atomic E-state index is -3.54. The van der Waals surface area contributed by atoms with Crippen LogP contribution in [0, 0.1) is 0 Å². The Hall–Kier alpha value is -1.90. The van der Waals surface area contributed by atoms with Gasteiger partial charge in [-0.1, -0.05) is 22.0 Å². The minimum absolute atomic E-state index is 0.166. The van der Waals surface area contributed by atoms with E-state index in [1.54, 1.807) is 25.2 Å². The molecule has 1 heterocycles. The lowest BCUT2D eigenvalue weighted by atomic mass is 10.2. The van der Waals surface area contributed by atoms with Crippen molar-refractivity contribution in [2.24, 2.45) is 0 Å². The molecule has 0 bridgehead atoms. The Morgan fingerprint density at radius 2 is 1.82 bits per heavy atom. The number of amides is 1. The lowest BCUT2D eigenvalue weighted by molar-refractivity contribution is 0.0773. The van der Waals surface area contributed by atoms with Crippen LogP contribution in [0.25, 0.3) is 0 Å². The number of hydrogen-bond donors (Lipinski definition) is 0. The fourth-order valence-corrected chi connectivity index (χ4v) is 4.85. The zero-order chi connectivity index (χ0) is 20.1. The first-order chi connectivity index (χ1) is 13.4. The van der Waals surface area contributed by atoms with E-state index in [0.717, 1.165) is 23.1 Å². The van der Waals surface area contributed by atoms with Gasteiger partial charge in [0.15, 0.2) is 0 Å². The van der Waals surface area contributed by atoms with Crippen molar-refractivity contribution < 1.29 is 17.9 Å². The van der Waals surface area contributed by atoms with E-state index in [-0.39, 0.29) is 10.8 Å². The van der Waals surface area contributed by atoms with Gasteiger partial charge in [0, 0.05) is 30.2 Å². The number of sulfonamides is 1. The van der Waals surface area contributed by atoms with Crippen molar-refractivity contribution in [3.63, 3.8) is 0 Å². The first-order valence-electron chi connectivity index (χ1n) is 9.12. The van der Waals surface area contributed by atoms with Crippen LogP contribution >= 0.6 is 15.9 Å². The molecule has 1 fully saturated rings. The molecule has 150 valence electrons. The van der Waals surface area contributed by atoms with Gasteiger partial charge in [-0.15, -0.1) is 0 Å². The molecule has 0 atom stereocenters. The third-order valence-corrected chi connectivity index (χ3v) is 7.06. The largest absolute Gasteiger partial charge is 0.492 e. The molecule has 2 aromatic carbocycles. The Morgan fingerprint density at radius 3 is 2.50 bits per heavy atom. The number of rotatable bonds is 7. The van der Waals surface area contributed by atoms with Crippen molar-refractivity contribution >= 4 is 31.9 Å². The molecule has 0 N–H and O–H groups in total. The molecule has 6 nitrogen and oxygen atoms in total. The number of likely N-dealkylation sites (N-methyl/N-ethyl adjacent to an activating group) is 1. The van der Waals surface area contributed by atoms with E-state index in [0.29, 0.717) is 31.8 Å². The second-order valence-electron chi connectivity index (χ2n) is 6.67. The van der Waals surface area contributed by atoms with Crippen LogP contribution < -0.4 is 4.74 Å². The van der Waals surface area contributed by atoms with Gasteiger partial charge in [-0.3, -0.25) is 4.79 Å². The number of ether oxygens (including phenoxy) is 1. The van der Waals surface area contributed by atoms with Crippen LogP contribution in [0.1, 0.15) is 23.2 Å². The molecule has 8 heteroatoms. The lowest BCUT2D eigenvalue weighted by Crippen LogP contribution is -2.31. The van der Waals surface area contributed by atoms with E-state index in [1.165, 1.54) is 15.3 Å². The summed E-state index contributed by atoms with van der Waals surface area (Å²) in [5, 5.41) is 0. The summed E-state index contributed by atoms with van der Waals surface area (Å²) >= 11 is 3.37. The third kappa shape index (κ3) is 4.92. The van der Waals surface area contributed by atoms with Gasteiger partial charge in [0.25, 0.3) is 5.91 Å². The number of nitrogens with zero attached hydrogens (tertiary/aromatic N) is 2. The van der Waals surface area contributed by atoms with E-state index < -0.39 is 10.0 Å². The van der Waals surface area contributed by atoms with Crippen molar-refractivity contribution in [3.8, 4) is 5.75 Å². The topological polar surface area (TPSA) is 66.9 Å². The monoisotopic (exact) mass is 466 g/mol. The fraction of sp³-hybridized carbons (Fsp3) is 0.350. The molecular formula is C20H23BrN2O4S. The molecule has 0 spiro atoms. The molecular weight excluding hydrogens is 444 g/mol. The molecule has 3 rings (SSSR count). The Balaban J connectivity index is 1.62. The zero-order valence-corrected chi connectivity index (χ0v) is 18.1. The highest BCUT2D eigenvalue weighted by atomic mass is 79.9. The molecule has 1 aliphatic rings. The van der Waals surface area contributed by atoms with Gasteiger partial charge >= 0.3 is 0 Å². The maximum atomic E-state index is 12.7. The Bertz CT molecular complexity index is 925. The highest BCUT2D eigenvalue weighted by Crippen LogP contribution is 2.22. The molecule has 0 saturated carbocycles. The van der Waals surface area contributed by atoms with E-state index in [4.69, 9.17) is 4.74 Å². The molecule has 1 saturated heterocycles. The fourth-order valence-electron chi connectivity index (χ4n) is 3.02.